The molecule has 2 heterocycles. The summed E-state index contributed by atoms with van der Waals surface area (Å²) in [6.07, 6.45) is 5.33. The maximum absolute atomic E-state index is 14.3. The lowest BCUT2D eigenvalue weighted by atomic mass is 10.0. The molecule has 0 spiro atoms. The largest absolute Gasteiger partial charge is 0.352 e. The Hall–Kier alpha value is -3.77. The molecule has 5 rings (SSSR count). The summed E-state index contributed by atoms with van der Waals surface area (Å²) >= 11 is 0. The summed E-state index contributed by atoms with van der Waals surface area (Å²) in [5.74, 6) is -0.585. The average Bonchev–Trinajstić information content (AvgIpc) is 3.51. The molecule has 1 N–H and O–H groups in total. The van der Waals surface area contributed by atoms with Crippen LogP contribution in [-0.2, 0) is 11.3 Å². The van der Waals surface area contributed by atoms with Crippen LogP contribution < -0.4 is 10.2 Å². The van der Waals surface area contributed by atoms with Crippen molar-refractivity contribution in [1.29, 1.82) is 0 Å². The van der Waals surface area contributed by atoms with Crippen LogP contribution in [0.3, 0.4) is 0 Å². The number of benzene rings is 3. The second kappa shape index (κ2) is 10.9. The van der Waals surface area contributed by atoms with E-state index in [1.54, 1.807) is 35.2 Å². The van der Waals surface area contributed by atoms with Gasteiger partial charge >= 0.3 is 0 Å². The maximum atomic E-state index is 14.3. The quantitative estimate of drug-likeness (QED) is 0.357. The number of nitrogens with one attached hydrogen (secondary N) is 1. The molecule has 2 aliphatic rings. The summed E-state index contributed by atoms with van der Waals surface area (Å²) < 4.78 is 14.3. The molecule has 3 aromatic carbocycles. The lowest BCUT2D eigenvalue weighted by Gasteiger charge is -2.17. The molecule has 2 amide bonds. The minimum Gasteiger partial charge on any atom is -0.352 e. The van der Waals surface area contributed by atoms with Crippen LogP contribution in [0.4, 0.5) is 10.1 Å². The van der Waals surface area contributed by atoms with Gasteiger partial charge in [0, 0.05) is 28.8 Å². The van der Waals surface area contributed by atoms with E-state index >= 15 is 0 Å². The standard InChI is InChI=1S/C30H30FN3O2/c31-27-10-3-1-8-24(27)21-34-28-11-4-2-9-25(28)26(30(34)36)20-22-12-14-23(15-13-22)29(35)32-16-7-19-33-17-5-6-18-33/h1-4,8-15,20H,5-7,16-19,21H2,(H,32,35)/b26-20+. The van der Waals surface area contributed by atoms with E-state index in [1.807, 2.05) is 42.5 Å². The maximum Gasteiger partial charge on any atom is 0.259 e. The SMILES string of the molecule is O=C(NCCCN1CCCC1)c1ccc(/C=C2/C(=O)N(Cc3ccccc3F)c3ccccc32)cc1. The molecule has 0 aliphatic carbocycles. The average molecular weight is 484 g/mol. The molecule has 36 heavy (non-hydrogen) atoms. The zero-order valence-corrected chi connectivity index (χ0v) is 20.3. The zero-order chi connectivity index (χ0) is 24.9. The third-order valence-corrected chi connectivity index (χ3v) is 6.87. The van der Waals surface area contributed by atoms with E-state index in [0.29, 0.717) is 23.2 Å². The number of carbonyl (C=O) groups excluding carboxylic acids is 2. The highest BCUT2D eigenvalue weighted by atomic mass is 19.1. The Bertz CT molecular complexity index is 1280. The van der Waals surface area contributed by atoms with Gasteiger partial charge < -0.3 is 15.1 Å². The minimum absolute atomic E-state index is 0.0889. The zero-order valence-electron chi connectivity index (χ0n) is 20.3. The van der Waals surface area contributed by atoms with Crippen LogP contribution in [0.2, 0.25) is 0 Å². The Balaban J connectivity index is 1.27. The first-order valence-corrected chi connectivity index (χ1v) is 12.6. The number of fused-ring (bicyclic) bond motifs is 1. The van der Waals surface area contributed by atoms with Gasteiger partial charge in [0.15, 0.2) is 0 Å². The van der Waals surface area contributed by atoms with Gasteiger partial charge in [0.05, 0.1) is 12.2 Å². The normalized spacial score (nSPS) is 16.5. The van der Waals surface area contributed by atoms with Crippen LogP contribution >= 0.6 is 0 Å². The van der Waals surface area contributed by atoms with E-state index in [9.17, 15) is 14.0 Å². The van der Waals surface area contributed by atoms with E-state index < -0.39 is 0 Å². The van der Waals surface area contributed by atoms with Crippen molar-refractivity contribution in [2.45, 2.75) is 25.8 Å². The van der Waals surface area contributed by atoms with Crippen molar-refractivity contribution in [1.82, 2.24) is 10.2 Å². The predicted octanol–water partition coefficient (Wildman–Crippen LogP) is 5.13. The number of likely N-dealkylation sites (tertiary alicyclic amines) is 1. The van der Waals surface area contributed by atoms with E-state index in [1.165, 1.54) is 32.0 Å². The number of hydrogen-bond donors (Lipinski definition) is 1. The van der Waals surface area contributed by atoms with Crippen LogP contribution in [0.25, 0.3) is 11.6 Å². The number of hydrogen-bond acceptors (Lipinski definition) is 3. The molecule has 6 heteroatoms. The fraction of sp³-hybridized carbons (Fsp3) is 0.267. The topological polar surface area (TPSA) is 52.7 Å². The second-order valence-electron chi connectivity index (χ2n) is 9.34. The highest BCUT2D eigenvalue weighted by Crippen LogP contribution is 2.38. The van der Waals surface area contributed by atoms with Crippen molar-refractivity contribution in [3.05, 3.63) is 101 Å². The number of anilines is 1. The van der Waals surface area contributed by atoms with Crippen LogP contribution in [0.1, 0.15) is 46.3 Å². The Morgan fingerprint density at radius 3 is 2.44 bits per heavy atom. The van der Waals surface area contributed by atoms with Gasteiger partial charge in [-0.15, -0.1) is 0 Å². The van der Waals surface area contributed by atoms with E-state index in [4.69, 9.17) is 0 Å². The van der Waals surface area contributed by atoms with Crippen LogP contribution in [0, 0.1) is 5.82 Å². The molecular formula is C30H30FN3O2. The van der Waals surface area contributed by atoms with Gasteiger partial charge in [-0.3, -0.25) is 9.59 Å². The molecule has 0 bridgehead atoms. The van der Waals surface area contributed by atoms with Gasteiger partial charge in [0.1, 0.15) is 5.82 Å². The Morgan fingerprint density at radius 1 is 0.944 bits per heavy atom. The third kappa shape index (κ3) is 5.24. The summed E-state index contributed by atoms with van der Waals surface area (Å²) in [6, 6.07) is 21.3. The molecule has 0 radical (unpaired) electrons. The Labute approximate surface area is 211 Å². The van der Waals surface area contributed by atoms with Crippen molar-refractivity contribution in [2.75, 3.05) is 31.1 Å². The number of rotatable bonds is 8. The van der Waals surface area contributed by atoms with E-state index in [2.05, 4.69) is 10.2 Å². The molecule has 5 nitrogen and oxygen atoms in total. The summed E-state index contributed by atoms with van der Waals surface area (Å²) in [5.41, 5.74) is 4.03. The summed E-state index contributed by atoms with van der Waals surface area (Å²) in [7, 11) is 0. The Kier molecular flexibility index (Phi) is 7.23. The van der Waals surface area contributed by atoms with Crippen molar-refractivity contribution in [2.24, 2.45) is 0 Å². The fourth-order valence-electron chi connectivity index (χ4n) is 4.91. The van der Waals surface area contributed by atoms with Crippen molar-refractivity contribution >= 4 is 29.2 Å². The van der Waals surface area contributed by atoms with Crippen molar-refractivity contribution < 1.29 is 14.0 Å². The molecule has 0 saturated carbocycles. The van der Waals surface area contributed by atoms with E-state index in [-0.39, 0.29) is 24.2 Å². The number of amides is 2. The highest BCUT2D eigenvalue weighted by molar-refractivity contribution is 6.35. The predicted molar refractivity (Wildman–Crippen MR) is 141 cm³/mol. The number of carbonyl (C=O) groups is 2. The number of halogens is 1. The van der Waals surface area contributed by atoms with Crippen LogP contribution in [-0.4, -0.2) is 42.9 Å². The lowest BCUT2D eigenvalue weighted by molar-refractivity contribution is -0.113. The van der Waals surface area contributed by atoms with Gasteiger partial charge in [-0.1, -0.05) is 48.5 Å². The molecule has 1 saturated heterocycles. The second-order valence-corrected chi connectivity index (χ2v) is 9.34. The molecule has 3 aromatic rings. The minimum atomic E-state index is -0.329. The highest BCUT2D eigenvalue weighted by Gasteiger charge is 2.32. The van der Waals surface area contributed by atoms with Crippen LogP contribution in [0.5, 0.6) is 0 Å². The van der Waals surface area contributed by atoms with Crippen LogP contribution in [0.15, 0.2) is 72.8 Å². The molecule has 2 aliphatic heterocycles. The van der Waals surface area contributed by atoms with Gasteiger partial charge in [-0.2, -0.15) is 0 Å². The van der Waals surface area contributed by atoms with Gasteiger partial charge in [-0.05, 0) is 74.8 Å². The van der Waals surface area contributed by atoms with Crippen molar-refractivity contribution in [3.63, 3.8) is 0 Å². The summed E-state index contributed by atoms with van der Waals surface area (Å²) in [5, 5.41) is 3.00. The Morgan fingerprint density at radius 2 is 1.67 bits per heavy atom. The summed E-state index contributed by atoms with van der Waals surface area (Å²) in [6.45, 7) is 4.18. The fourth-order valence-corrected chi connectivity index (χ4v) is 4.91. The third-order valence-electron chi connectivity index (χ3n) is 6.87. The molecule has 0 aromatic heterocycles. The first-order chi connectivity index (χ1) is 17.6. The van der Waals surface area contributed by atoms with Gasteiger partial charge in [0.25, 0.3) is 11.8 Å². The number of nitrogens with zero attached hydrogens (tertiary/aromatic N) is 2. The molecule has 0 atom stereocenters. The smallest absolute Gasteiger partial charge is 0.259 e. The monoisotopic (exact) mass is 483 g/mol. The summed E-state index contributed by atoms with van der Waals surface area (Å²) in [4.78, 5) is 29.9. The molecule has 1 fully saturated rings. The van der Waals surface area contributed by atoms with Crippen molar-refractivity contribution in [3.8, 4) is 0 Å². The first kappa shape index (κ1) is 23.9. The first-order valence-electron chi connectivity index (χ1n) is 12.6. The lowest BCUT2D eigenvalue weighted by Crippen LogP contribution is -2.28. The van der Waals surface area contributed by atoms with E-state index in [0.717, 1.165) is 29.8 Å². The molecule has 184 valence electrons. The molecule has 0 unspecified atom stereocenters. The van der Waals surface area contributed by atoms with Gasteiger partial charge in [-0.25, -0.2) is 4.39 Å². The number of para-hydroxylation sites is 1. The molecular weight excluding hydrogens is 453 g/mol. The van der Waals surface area contributed by atoms with Gasteiger partial charge in [0.2, 0.25) is 0 Å².